The molecule has 0 aliphatic carbocycles. The lowest BCUT2D eigenvalue weighted by Crippen LogP contribution is -2.40. The minimum atomic E-state index is -4.61. The molecular weight excluding hydrogens is 403 g/mol. The number of rotatable bonds is 4. The molecular formula is C20H16F3N3O4. The minimum absolute atomic E-state index is 0.154. The summed E-state index contributed by atoms with van der Waals surface area (Å²) in [6.45, 7) is -0.125. The van der Waals surface area contributed by atoms with E-state index in [2.05, 4.69) is 5.10 Å². The Bertz CT molecular complexity index is 1170. The third kappa shape index (κ3) is 3.34. The summed E-state index contributed by atoms with van der Waals surface area (Å²) in [5.74, 6) is -1.32. The molecule has 1 aliphatic rings. The number of ether oxygens (including phenoxy) is 1. The zero-order valence-electron chi connectivity index (χ0n) is 15.7. The highest BCUT2D eigenvalue weighted by Crippen LogP contribution is 2.35. The summed E-state index contributed by atoms with van der Waals surface area (Å²) in [5.41, 5.74) is 1.41. The fourth-order valence-electron chi connectivity index (χ4n) is 3.61. The Kier molecular flexibility index (Phi) is 4.64. The summed E-state index contributed by atoms with van der Waals surface area (Å²) in [6.07, 6.45) is -4.16. The molecule has 1 aliphatic heterocycles. The van der Waals surface area contributed by atoms with Gasteiger partial charge >= 0.3 is 12.1 Å². The number of alkyl halides is 3. The Hall–Kier alpha value is -3.56. The smallest absolute Gasteiger partial charge is 0.435 e. The Morgan fingerprint density at radius 3 is 2.60 bits per heavy atom. The monoisotopic (exact) mass is 419 g/mol. The van der Waals surface area contributed by atoms with Crippen molar-refractivity contribution in [2.24, 2.45) is 0 Å². The van der Waals surface area contributed by atoms with E-state index in [1.165, 1.54) is 18.1 Å². The van der Waals surface area contributed by atoms with Crippen LogP contribution >= 0.6 is 0 Å². The van der Waals surface area contributed by atoms with Gasteiger partial charge in [-0.1, -0.05) is 12.1 Å². The average Bonchev–Trinajstić information content (AvgIpc) is 3.15. The number of carbonyl (C=O) groups is 2. The van der Waals surface area contributed by atoms with E-state index in [1.54, 1.807) is 24.3 Å². The van der Waals surface area contributed by atoms with Crippen LogP contribution in [0, 0.1) is 0 Å². The molecule has 3 aromatic rings. The van der Waals surface area contributed by atoms with Gasteiger partial charge in [-0.05, 0) is 35.7 Å². The van der Waals surface area contributed by atoms with Crippen LogP contribution in [0.5, 0.6) is 5.88 Å². The van der Waals surface area contributed by atoms with Crippen LogP contribution in [0.25, 0.3) is 16.6 Å². The maximum Gasteiger partial charge on any atom is 0.435 e. The van der Waals surface area contributed by atoms with Gasteiger partial charge in [-0.25, -0.2) is 0 Å². The van der Waals surface area contributed by atoms with Crippen LogP contribution in [0.1, 0.15) is 21.6 Å². The summed E-state index contributed by atoms with van der Waals surface area (Å²) in [6, 6.07) is 9.06. The first kappa shape index (κ1) is 19.7. The summed E-state index contributed by atoms with van der Waals surface area (Å²) in [7, 11) is 1.34. The fourth-order valence-corrected chi connectivity index (χ4v) is 3.61. The zero-order chi connectivity index (χ0) is 21.6. The predicted molar refractivity (Wildman–Crippen MR) is 99.4 cm³/mol. The fraction of sp³-hybridized carbons (Fsp3) is 0.250. The first-order chi connectivity index (χ1) is 14.2. The van der Waals surface area contributed by atoms with Crippen molar-refractivity contribution in [3.8, 4) is 17.0 Å². The van der Waals surface area contributed by atoms with E-state index in [-0.39, 0.29) is 30.4 Å². The van der Waals surface area contributed by atoms with Crippen molar-refractivity contribution in [2.45, 2.75) is 12.6 Å². The molecule has 7 nitrogen and oxygen atoms in total. The van der Waals surface area contributed by atoms with Gasteiger partial charge in [0.15, 0.2) is 5.69 Å². The number of methoxy groups -OCH3 is 1. The Morgan fingerprint density at radius 2 is 1.93 bits per heavy atom. The summed E-state index contributed by atoms with van der Waals surface area (Å²) < 4.78 is 45.8. The Morgan fingerprint density at radius 1 is 1.20 bits per heavy atom. The normalized spacial score (nSPS) is 14.1. The number of benzene rings is 1. The lowest BCUT2D eigenvalue weighted by Gasteiger charge is -2.27. The molecule has 0 saturated heterocycles. The number of amides is 1. The van der Waals surface area contributed by atoms with Gasteiger partial charge in [0.25, 0.3) is 5.91 Å². The van der Waals surface area contributed by atoms with Gasteiger partial charge in [0.1, 0.15) is 6.54 Å². The van der Waals surface area contributed by atoms with Crippen molar-refractivity contribution in [3.05, 3.63) is 53.2 Å². The second kappa shape index (κ2) is 7.05. The van der Waals surface area contributed by atoms with E-state index in [0.29, 0.717) is 28.7 Å². The quantitative estimate of drug-likeness (QED) is 0.703. The van der Waals surface area contributed by atoms with Crippen LogP contribution in [-0.4, -0.2) is 51.7 Å². The summed E-state index contributed by atoms with van der Waals surface area (Å²) >= 11 is 0. The number of carbonyl (C=O) groups excluding carboxylic acids is 1. The molecule has 0 atom stereocenters. The SMILES string of the molecule is COc1ccc(-c2ccc3c(c2)CCN(CC(=O)O)C3=O)c2cc(C(F)(F)F)nn12. The number of hydrogen-bond donors (Lipinski definition) is 1. The number of carboxylic acids is 1. The van der Waals surface area contributed by atoms with E-state index in [9.17, 15) is 22.8 Å². The van der Waals surface area contributed by atoms with E-state index >= 15 is 0 Å². The molecule has 1 N–H and O–H groups in total. The highest BCUT2D eigenvalue weighted by atomic mass is 19.4. The lowest BCUT2D eigenvalue weighted by atomic mass is 9.94. The number of aromatic nitrogens is 2. The molecule has 2 aromatic heterocycles. The van der Waals surface area contributed by atoms with Crippen LogP contribution in [-0.2, 0) is 17.4 Å². The molecule has 0 unspecified atom stereocenters. The third-order valence-electron chi connectivity index (χ3n) is 5.00. The highest BCUT2D eigenvalue weighted by molar-refractivity contribution is 5.99. The van der Waals surface area contributed by atoms with Gasteiger partial charge < -0.3 is 14.7 Å². The standard InChI is InChI=1S/C20H16F3N3O4/c1-30-17-5-4-13(15-9-16(20(21,22)23)24-26(15)17)11-2-3-14-12(8-11)6-7-25(19(14)29)10-18(27)28/h2-5,8-9H,6-7,10H2,1H3,(H,27,28). The Labute approximate surface area is 168 Å². The van der Waals surface area contributed by atoms with Crippen molar-refractivity contribution in [1.82, 2.24) is 14.5 Å². The van der Waals surface area contributed by atoms with Crippen molar-refractivity contribution >= 4 is 17.4 Å². The summed E-state index contributed by atoms with van der Waals surface area (Å²) in [4.78, 5) is 24.7. The van der Waals surface area contributed by atoms with Crippen molar-refractivity contribution < 1.29 is 32.6 Å². The lowest BCUT2D eigenvalue weighted by molar-refractivity contribution is -0.141. The number of hydrogen-bond acceptors (Lipinski definition) is 4. The second-order valence-electron chi connectivity index (χ2n) is 6.86. The number of carboxylic acid groups (broad SMARTS) is 1. The topological polar surface area (TPSA) is 84.1 Å². The summed E-state index contributed by atoms with van der Waals surface area (Å²) in [5, 5.41) is 12.6. The number of pyridine rings is 1. The van der Waals surface area contributed by atoms with Gasteiger partial charge in [-0.2, -0.15) is 22.8 Å². The van der Waals surface area contributed by atoms with Gasteiger partial charge in [0.2, 0.25) is 5.88 Å². The van der Waals surface area contributed by atoms with Crippen molar-refractivity contribution in [1.29, 1.82) is 0 Å². The molecule has 1 amide bonds. The molecule has 1 aromatic carbocycles. The van der Waals surface area contributed by atoms with Crippen molar-refractivity contribution in [2.75, 3.05) is 20.2 Å². The van der Waals surface area contributed by atoms with Crippen LogP contribution in [0.4, 0.5) is 13.2 Å². The number of nitrogens with zero attached hydrogens (tertiary/aromatic N) is 3. The largest absolute Gasteiger partial charge is 0.481 e. The molecule has 3 heterocycles. The second-order valence-corrected chi connectivity index (χ2v) is 6.86. The number of fused-ring (bicyclic) bond motifs is 2. The zero-order valence-corrected chi connectivity index (χ0v) is 15.7. The van der Waals surface area contributed by atoms with Crippen molar-refractivity contribution in [3.63, 3.8) is 0 Å². The molecule has 0 radical (unpaired) electrons. The average molecular weight is 419 g/mol. The molecule has 156 valence electrons. The van der Waals surface area contributed by atoms with E-state index in [1.807, 2.05) is 0 Å². The van der Waals surface area contributed by atoms with Crippen LogP contribution in [0.2, 0.25) is 0 Å². The van der Waals surface area contributed by atoms with Crippen LogP contribution in [0.3, 0.4) is 0 Å². The molecule has 0 saturated carbocycles. The van der Waals surface area contributed by atoms with Crippen LogP contribution in [0.15, 0.2) is 36.4 Å². The maximum absolute atomic E-state index is 13.2. The molecule has 4 rings (SSSR count). The van der Waals surface area contributed by atoms with Gasteiger partial charge in [-0.15, -0.1) is 0 Å². The van der Waals surface area contributed by atoms with E-state index in [4.69, 9.17) is 9.84 Å². The van der Waals surface area contributed by atoms with Gasteiger partial charge in [0, 0.05) is 23.7 Å². The van der Waals surface area contributed by atoms with Gasteiger partial charge in [0.05, 0.1) is 12.6 Å². The number of aliphatic carboxylic acids is 1. The molecule has 30 heavy (non-hydrogen) atoms. The Balaban J connectivity index is 1.80. The highest BCUT2D eigenvalue weighted by Gasteiger charge is 2.35. The number of halogens is 3. The first-order valence-electron chi connectivity index (χ1n) is 8.97. The minimum Gasteiger partial charge on any atom is -0.481 e. The van der Waals surface area contributed by atoms with E-state index < -0.39 is 17.8 Å². The molecule has 10 heteroatoms. The molecule has 0 spiro atoms. The first-order valence-corrected chi connectivity index (χ1v) is 8.97. The molecule has 0 bridgehead atoms. The van der Waals surface area contributed by atoms with E-state index in [0.717, 1.165) is 10.6 Å². The predicted octanol–water partition coefficient (Wildman–Crippen LogP) is 3.11. The molecule has 0 fully saturated rings. The maximum atomic E-state index is 13.2. The van der Waals surface area contributed by atoms with Crippen LogP contribution < -0.4 is 4.74 Å². The van der Waals surface area contributed by atoms with Gasteiger partial charge in [-0.3, -0.25) is 9.59 Å². The third-order valence-corrected chi connectivity index (χ3v) is 5.00.